The van der Waals surface area contributed by atoms with E-state index >= 15 is 0 Å². The van der Waals surface area contributed by atoms with Gasteiger partial charge in [0.05, 0.1) is 24.3 Å². The first-order valence-electron chi connectivity index (χ1n) is 10.6. The average molecular weight is 462 g/mol. The zero-order valence-corrected chi connectivity index (χ0v) is 18.1. The molecule has 3 aliphatic rings. The first kappa shape index (κ1) is 21.3. The van der Waals surface area contributed by atoms with Gasteiger partial charge in [-0.2, -0.15) is 0 Å². The van der Waals surface area contributed by atoms with E-state index in [1.165, 1.54) is 0 Å². The van der Waals surface area contributed by atoms with E-state index < -0.39 is 23.7 Å². The van der Waals surface area contributed by atoms with Crippen LogP contribution in [-0.2, 0) is 9.53 Å². The number of carbonyl (C=O) groups is 2. The van der Waals surface area contributed by atoms with Gasteiger partial charge in [0.25, 0.3) is 5.91 Å². The second-order valence-corrected chi connectivity index (χ2v) is 9.19. The van der Waals surface area contributed by atoms with Crippen LogP contribution < -0.4 is 5.32 Å². The van der Waals surface area contributed by atoms with Crippen molar-refractivity contribution in [3.63, 3.8) is 0 Å². The third kappa shape index (κ3) is 3.75. The van der Waals surface area contributed by atoms with Gasteiger partial charge in [-0.3, -0.25) is 14.6 Å². The second-order valence-electron chi connectivity index (χ2n) is 8.78. The van der Waals surface area contributed by atoms with Crippen molar-refractivity contribution < 1.29 is 23.1 Å². The van der Waals surface area contributed by atoms with E-state index in [9.17, 15) is 18.4 Å². The first-order valence-corrected chi connectivity index (χ1v) is 11.0. The van der Waals surface area contributed by atoms with Crippen LogP contribution in [0, 0.1) is 30.4 Å². The maximum atomic E-state index is 14.6. The third-order valence-corrected chi connectivity index (χ3v) is 6.88. The fourth-order valence-corrected chi connectivity index (χ4v) is 4.88. The molecule has 2 saturated heterocycles. The Morgan fingerprint density at radius 3 is 2.69 bits per heavy atom. The lowest BCUT2D eigenvalue weighted by atomic mass is 9.90. The van der Waals surface area contributed by atoms with Gasteiger partial charge in [-0.1, -0.05) is 11.6 Å². The van der Waals surface area contributed by atoms with E-state index in [-0.39, 0.29) is 40.3 Å². The Morgan fingerprint density at radius 2 is 2.00 bits per heavy atom. The molecule has 3 fully saturated rings. The molecule has 0 bridgehead atoms. The molecule has 1 aliphatic carbocycles. The fourth-order valence-electron chi connectivity index (χ4n) is 4.73. The van der Waals surface area contributed by atoms with Gasteiger partial charge in [-0.25, -0.2) is 8.78 Å². The normalized spacial score (nSPS) is 25.1. The summed E-state index contributed by atoms with van der Waals surface area (Å²) in [6, 6.07) is 3.87. The van der Waals surface area contributed by atoms with Crippen molar-refractivity contribution in [3.05, 3.63) is 63.9 Å². The number of nitrogens with zero attached hydrogens (tertiary/aromatic N) is 2. The minimum Gasteiger partial charge on any atom is -0.381 e. The number of aromatic nitrogens is 1. The molecule has 5 rings (SSSR count). The van der Waals surface area contributed by atoms with Crippen LogP contribution in [0.4, 0.5) is 8.78 Å². The largest absolute Gasteiger partial charge is 0.381 e. The number of hydrogen-bond acceptors (Lipinski definition) is 4. The number of aryl methyl sites for hydroxylation is 1. The van der Waals surface area contributed by atoms with Crippen LogP contribution in [0.15, 0.2) is 30.5 Å². The summed E-state index contributed by atoms with van der Waals surface area (Å²) in [7, 11) is 0. The molecule has 1 saturated carbocycles. The summed E-state index contributed by atoms with van der Waals surface area (Å²) < 4.78 is 34.0. The smallest absolute Gasteiger partial charge is 0.254 e. The Morgan fingerprint density at radius 1 is 1.22 bits per heavy atom. The summed E-state index contributed by atoms with van der Waals surface area (Å²) >= 11 is 5.70. The topological polar surface area (TPSA) is 71.5 Å². The molecule has 32 heavy (non-hydrogen) atoms. The molecule has 9 heteroatoms. The zero-order valence-electron chi connectivity index (χ0n) is 17.4. The molecular formula is C23H22ClF2N3O3. The highest BCUT2D eigenvalue weighted by Crippen LogP contribution is 2.48. The third-order valence-electron chi connectivity index (χ3n) is 6.59. The second kappa shape index (κ2) is 8.08. The highest BCUT2D eigenvalue weighted by atomic mass is 35.5. The van der Waals surface area contributed by atoms with Crippen LogP contribution in [0.2, 0.25) is 5.02 Å². The predicted molar refractivity (Wildman–Crippen MR) is 112 cm³/mol. The van der Waals surface area contributed by atoms with Crippen molar-refractivity contribution >= 4 is 23.4 Å². The molecule has 3 heterocycles. The van der Waals surface area contributed by atoms with Gasteiger partial charge in [-0.05, 0) is 49.9 Å². The van der Waals surface area contributed by atoms with Gasteiger partial charge >= 0.3 is 0 Å². The zero-order chi connectivity index (χ0) is 22.6. The molecular weight excluding hydrogens is 440 g/mol. The minimum absolute atomic E-state index is 0.0272. The van der Waals surface area contributed by atoms with E-state index in [0.717, 1.165) is 18.6 Å². The number of nitrogens with one attached hydrogen (secondary N) is 1. The monoisotopic (exact) mass is 461 g/mol. The summed E-state index contributed by atoms with van der Waals surface area (Å²) in [6.45, 7) is 2.45. The Bertz CT molecular complexity index is 1090. The lowest BCUT2D eigenvalue weighted by molar-refractivity contribution is -0.128. The van der Waals surface area contributed by atoms with Crippen molar-refractivity contribution in [3.8, 4) is 0 Å². The molecule has 0 spiro atoms. The number of benzene rings is 1. The number of rotatable bonds is 5. The van der Waals surface area contributed by atoms with Crippen molar-refractivity contribution in [2.45, 2.75) is 37.9 Å². The Hall–Kier alpha value is -2.58. The van der Waals surface area contributed by atoms with Gasteiger partial charge in [0.2, 0.25) is 5.91 Å². The first-order chi connectivity index (χ1) is 15.3. The predicted octanol–water partition coefficient (Wildman–Crippen LogP) is 3.43. The van der Waals surface area contributed by atoms with Crippen LogP contribution in [0.5, 0.6) is 0 Å². The van der Waals surface area contributed by atoms with Gasteiger partial charge < -0.3 is 15.0 Å². The molecule has 1 unspecified atom stereocenters. The molecule has 1 aromatic heterocycles. The van der Waals surface area contributed by atoms with Crippen molar-refractivity contribution in [2.24, 2.45) is 11.8 Å². The van der Waals surface area contributed by atoms with Crippen LogP contribution in [0.1, 0.15) is 40.5 Å². The number of hydrogen-bond donors (Lipinski definition) is 1. The van der Waals surface area contributed by atoms with E-state index in [1.807, 2.05) is 0 Å². The van der Waals surface area contributed by atoms with Gasteiger partial charge in [0.15, 0.2) is 0 Å². The highest BCUT2D eigenvalue weighted by molar-refractivity contribution is 6.30. The summed E-state index contributed by atoms with van der Waals surface area (Å²) in [5.74, 6) is -1.95. The lowest BCUT2D eigenvalue weighted by Crippen LogP contribution is -2.51. The lowest BCUT2D eigenvalue weighted by Gasteiger charge is -2.36. The Balaban J connectivity index is 1.40. The Labute approximate surface area is 188 Å². The van der Waals surface area contributed by atoms with E-state index in [2.05, 4.69) is 10.3 Å². The standard InChI is InChI=1S/C23H22ClF2N3O3/c1-11-4-12(2-3-27-11)23(31)29-19-5-13(19)6-20(29)22(30)28-21(14-9-32-10-14)15-7-18(26)16(24)8-17(15)25/h2-4,7-8,13-14,19-21H,5-6,9-10H2,1H3,(H,28,30)/t13-,19-,20-,21?/m1/s1. The number of likely N-dealkylation sites (tertiary alicyclic amines) is 1. The fraction of sp³-hybridized carbons (Fsp3) is 0.435. The average Bonchev–Trinajstić information content (AvgIpc) is 3.38. The Kier molecular flexibility index (Phi) is 5.37. The van der Waals surface area contributed by atoms with Crippen LogP contribution >= 0.6 is 11.6 Å². The van der Waals surface area contributed by atoms with E-state index in [4.69, 9.17) is 16.3 Å². The molecule has 1 N–H and O–H groups in total. The van der Waals surface area contributed by atoms with E-state index in [1.54, 1.807) is 30.2 Å². The van der Waals surface area contributed by atoms with Crippen LogP contribution in [0.3, 0.4) is 0 Å². The number of fused-ring (bicyclic) bond motifs is 1. The van der Waals surface area contributed by atoms with E-state index in [0.29, 0.717) is 30.9 Å². The van der Waals surface area contributed by atoms with Gasteiger partial charge in [0, 0.05) is 35.0 Å². The van der Waals surface area contributed by atoms with Crippen molar-refractivity contribution in [2.75, 3.05) is 13.2 Å². The summed E-state index contributed by atoms with van der Waals surface area (Å²) in [5.41, 5.74) is 1.23. The summed E-state index contributed by atoms with van der Waals surface area (Å²) in [5, 5.41) is 2.56. The number of piperidine rings is 1. The quantitative estimate of drug-likeness (QED) is 0.692. The maximum absolute atomic E-state index is 14.6. The maximum Gasteiger partial charge on any atom is 0.254 e. The van der Waals surface area contributed by atoms with Crippen molar-refractivity contribution in [1.29, 1.82) is 0 Å². The van der Waals surface area contributed by atoms with Gasteiger partial charge in [-0.15, -0.1) is 0 Å². The molecule has 4 atom stereocenters. The summed E-state index contributed by atoms with van der Waals surface area (Å²) in [4.78, 5) is 32.3. The molecule has 2 aliphatic heterocycles. The molecule has 2 amide bonds. The van der Waals surface area contributed by atoms with Crippen molar-refractivity contribution in [1.82, 2.24) is 15.2 Å². The number of ether oxygens (including phenoxy) is 1. The molecule has 1 aromatic carbocycles. The number of carbonyl (C=O) groups excluding carboxylic acids is 2. The molecule has 168 valence electrons. The van der Waals surface area contributed by atoms with Crippen LogP contribution in [0.25, 0.3) is 0 Å². The molecule has 6 nitrogen and oxygen atoms in total. The number of halogens is 3. The molecule has 0 radical (unpaired) electrons. The number of pyridine rings is 1. The van der Waals surface area contributed by atoms with Crippen LogP contribution in [-0.4, -0.2) is 47.0 Å². The molecule has 2 aromatic rings. The minimum atomic E-state index is -0.778. The SMILES string of the molecule is Cc1cc(C(=O)N2[C@@H](C(=O)NC(c3cc(F)c(Cl)cc3F)C3COC3)C[C@H]3C[C@H]32)ccn1. The summed E-state index contributed by atoms with van der Waals surface area (Å²) in [6.07, 6.45) is 3.00. The number of amides is 2. The highest BCUT2D eigenvalue weighted by Gasteiger charge is 2.56. The van der Waals surface area contributed by atoms with Gasteiger partial charge in [0.1, 0.15) is 17.7 Å².